The van der Waals surface area contributed by atoms with Crippen molar-refractivity contribution >= 4 is 17.5 Å². The van der Waals surface area contributed by atoms with Crippen LogP contribution in [0.2, 0.25) is 0 Å². The molecular formula is C25H26N2O5. The Morgan fingerprint density at radius 1 is 0.844 bits per heavy atom. The van der Waals surface area contributed by atoms with Crippen LogP contribution < -0.4 is 24.8 Å². The van der Waals surface area contributed by atoms with E-state index in [4.69, 9.17) is 14.2 Å². The standard InChI is InChI=1S/C25H26N2O5/c1-17-4-6-18(7-5-17)15-26-25(29)19-8-13-22(23(14-19)31-3)32-16-24(28)27-20-9-11-21(30-2)12-10-20/h4-14H,15-16H2,1-3H3,(H,26,29)(H,27,28). The Morgan fingerprint density at radius 3 is 2.22 bits per heavy atom. The van der Waals surface area contributed by atoms with Gasteiger partial charge in [0.05, 0.1) is 14.2 Å². The van der Waals surface area contributed by atoms with Gasteiger partial charge in [0.25, 0.3) is 11.8 Å². The first-order valence-electron chi connectivity index (χ1n) is 10.1. The monoisotopic (exact) mass is 434 g/mol. The summed E-state index contributed by atoms with van der Waals surface area (Å²) < 4.78 is 16.0. The van der Waals surface area contributed by atoms with Crippen molar-refractivity contribution in [3.63, 3.8) is 0 Å². The van der Waals surface area contributed by atoms with E-state index in [1.54, 1.807) is 49.6 Å². The zero-order valence-corrected chi connectivity index (χ0v) is 18.3. The summed E-state index contributed by atoms with van der Waals surface area (Å²) in [6.07, 6.45) is 0. The van der Waals surface area contributed by atoms with Gasteiger partial charge in [-0.15, -0.1) is 0 Å². The zero-order chi connectivity index (χ0) is 22.9. The van der Waals surface area contributed by atoms with Crippen LogP contribution in [-0.2, 0) is 11.3 Å². The molecule has 0 aliphatic rings. The number of anilines is 1. The van der Waals surface area contributed by atoms with Gasteiger partial charge < -0.3 is 24.8 Å². The van der Waals surface area contributed by atoms with Crippen LogP contribution in [0.25, 0.3) is 0 Å². The zero-order valence-electron chi connectivity index (χ0n) is 18.3. The highest BCUT2D eigenvalue weighted by molar-refractivity contribution is 5.95. The molecule has 0 atom stereocenters. The third kappa shape index (κ3) is 6.25. The number of benzene rings is 3. The van der Waals surface area contributed by atoms with Crippen LogP contribution in [0, 0.1) is 6.92 Å². The number of nitrogens with one attached hydrogen (secondary N) is 2. The van der Waals surface area contributed by atoms with E-state index in [-0.39, 0.29) is 18.4 Å². The van der Waals surface area contributed by atoms with Crippen LogP contribution in [-0.4, -0.2) is 32.6 Å². The van der Waals surface area contributed by atoms with Crippen molar-refractivity contribution in [3.8, 4) is 17.2 Å². The molecule has 0 aliphatic heterocycles. The third-order valence-electron chi connectivity index (χ3n) is 4.73. The van der Waals surface area contributed by atoms with Crippen molar-refractivity contribution < 1.29 is 23.8 Å². The topological polar surface area (TPSA) is 85.9 Å². The molecule has 0 saturated heterocycles. The molecule has 0 heterocycles. The summed E-state index contributed by atoms with van der Waals surface area (Å²) in [6.45, 7) is 2.23. The summed E-state index contributed by atoms with van der Waals surface area (Å²) in [5.41, 5.74) is 3.24. The first-order valence-corrected chi connectivity index (χ1v) is 10.1. The Labute approximate surface area is 187 Å². The molecule has 0 radical (unpaired) electrons. The first-order chi connectivity index (χ1) is 15.5. The smallest absolute Gasteiger partial charge is 0.262 e. The van der Waals surface area contributed by atoms with E-state index in [9.17, 15) is 9.59 Å². The minimum absolute atomic E-state index is 0.207. The Bertz CT molecular complexity index is 1060. The number of rotatable bonds is 9. The summed E-state index contributed by atoms with van der Waals surface area (Å²) in [7, 11) is 3.06. The number of carbonyl (C=O) groups excluding carboxylic acids is 2. The summed E-state index contributed by atoms with van der Waals surface area (Å²) >= 11 is 0. The second kappa shape index (κ2) is 10.9. The second-order valence-corrected chi connectivity index (χ2v) is 7.10. The predicted octanol–water partition coefficient (Wildman–Crippen LogP) is 3.96. The van der Waals surface area contributed by atoms with Crippen molar-refractivity contribution in [1.82, 2.24) is 5.32 Å². The molecular weight excluding hydrogens is 408 g/mol. The van der Waals surface area contributed by atoms with Gasteiger partial charge in [0, 0.05) is 17.8 Å². The summed E-state index contributed by atoms with van der Waals surface area (Å²) in [5, 5.41) is 5.62. The maximum absolute atomic E-state index is 12.5. The summed E-state index contributed by atoms with van der Waals surface area (Å²) in [4.78, 5) is 24.7. The Balaban J connectivity index is 1.56. The molecule has 0 aromatic heterocycles. The van der Waals surface area contributed by atoms with E-state index in [0.717, 1.165) is 11.1 Å². The lowest BCUT2D eigenvalue weighted by molar-refractivity contribution is -0.118. The largest absolute Gasteiger partial charge is 0.497 e. The fourth-order valence-corrected chi connectivity index (χ4v) is 2.93. The molecule has 0 spiro atoms. The molecule has 0 unspecified atom stereocenters. The van der Waals surface area contributed by atoms with Gasteiger partial charge in [-0.25, -0.2) is 0 Å². The number of methoxy groups -OCH3 is 2. The fourth-order valence-electron chi connectivity index (χ4n) is 2.93. The number of amides is 2. The second-order valence-electron chi connectivity index (χ2n) is 7.10. The van der Waals surface area contributed by atoms with Crippen LogP contribution in [0.5, 0.6) is 17.2 Å². The van der Waals surface area contributed by atoms with E-state index in [1.165, 1.54) is 7.11 Å². The molecule has 2 N–H and O–H groups in total. The predicted molar refractivity (Wildman–Crippen MR) is 122 cm³/mol. The van der Waals surface area contributed by atoms with E-state index in [2.05, 4.69) is 10.6 Å². The highest BCUT2D eigenvalue weighted by Crippen LogP contribution is 2.28. The van der Waals surface area contributed by atoms with Gasteiger partial charge in [-0.05, 0) is 55.0 Å². The van der Waals surface area contributed by atoms with Gasteiger partial charge in [0.1, 0.15) is 5.75 Å². The Morgan fingerprint density at radius 2 is 1.56 bits per heavy atom. The van der Waals surface area contributed by atoms with Gasteiger partial charge >= 0.3 is 0 Å². The fraction of sp³-hybridized carbons (Fsp3) is 0.200. The number of ether oxygens (including phenoxy) is 3. The molecule has 3 aromatic rings. The van der Waals surface area contributed by atoms with Gasteiger partial charge in [-0.3, -0.25) is 9.59 Å². The van der Waals surface area contributed by atoms with Gasteiger partial charge in [0.2, 0.25) is 0 Å². The molecule has 3 aromatic carbocycles. The maximum atomic E-state index is 12.5. The van der Waals surface area contributed by atoms with E-state index >= 15 is 0 Å². The van der Waals surface area contributed by atoms with Crippen LogP contribution in [0.4, 0.5) is 5.69 Å². The lowest BCUT2D eigenvalue weighted by Gasteiger charge is -2.13. The summed E-state index contributed by atoms with van der Waals surface area (Å²) in [6, 6.07) is 19.8. The number of hydrogen-bond acceptors (Lipinski definition) is 5. The maximum Gasteiger partial charge on any atom is 0.262 e. The van der Waals surface area contributed by atoms with E-state index in [0.29, 0.717) is 35.0 Å². The normalized spacial score (nSPS) is 10.2. The molecule has 2 amide bonds. The van der Waals surface area contributed by atoms with Crippen LogP contribution >= 0.6 is 0 Å². The minimum atomic E-state index is -0.322. The van der Waals surface area contributed by atoms with Crippen molar-refractivity contribution in [2.24, 2.45) is 0 Å². The molecule has 3 rings (SSSR count). The molecule has 166 valence electrons. The first kappa shape index (κ1) is 22.7. The van der Waals surface area contributed by atoms with E-state index in [1.807, 2.05) is 31.2 Å². The SMILES string of the molecule is COc1ccc(NC(=O)COc2ccc(C(=O)NCc3ccc(C)cc3)cc2OC)cc1. The van der Waals surface area contributed by atoms with E-state index < -0.39 is 0 Å². The Hall–Kier alpha value is -4.00. The lowest BCUT2D eigenvalue weighted by atomic mass is 10.1. The van der Waals surface area contributed by atoms with Gasteiger partial charge in [-0.1, -0.05) is 29.8 Å². The molecule has 0 bridgehead atoms. The van der Waals surface area contributed by atoms with Crippen LogP contribution in [0.3, 0.4) is 0 Å². The average Bonchev–Trinajstić information content (AvgIpc) is 2.82. The highest BCUT2D eigenvalue weighted by atomic mass is 16.5. The number of hydrogen-bond donors (Lipinski definition) is 2. The molecule has 7 heteroatoms. The molecule has 0 aliphatic carbocycles. The Kier molecular flexibility index (Phi) is 7.70. The van der Waals surface area contributed by atoms with Crippen molar-refractivity contribution in [1.29, 1.82) is 0 Å². The van der Waals surface area contributed by atoms with Crippen LogP contribution in [0.1, 0.15) is 21.5 Å². The number of carbonyl (C=O) groups is 2. The molecule has 0 fully saturated rings. The molecule has 7 nitrogen and oxygen atoms in total. The average molecular weight is 434 g/mol. The van der Waals surface area contributed by atoms with Gasteiger partial charge in [-0.2, -0.15) is 0 Å². The van der Waals surface area contributed by atoms with Gasteiger partial charge in [0.15, 0.2) is 18.1 Å². The lowest BCUT2D eigenvalue weighted by Crippen LogP contribution is -2.23. The quantitative estimate of drug-likeness (QED) is 0.532. The van der Waals surface area contributed by atoms with Crippen LogP contribution in [0.15, 0.2) is 66.7 Å². The molecule has 32 heavy (non-hydrogen) atoms. The number of aryl methyl sites for hydroxylation is 1. The summed E-state index contributed by atoms with van der Waals surface area (Å²) in [5.74, 6) is 0.884. The van der Waals surface area contributed by atoms with Crippen molar-refractivity contribution in [2.75, 3.05) is 26.1 Å². The highest BCUT2D eigenvalue weighted by Gasteiger charge is 2.13. The van der Waals surface area contributed by atoms with Crippen molar-refractivity contribution in [3.05, 3.63) is 83.4 Å². The van der Waals surface area contributed by atoms with Crippen molar-refractivity contribution in [2.45, 2.75) is 13.5 Å². The molecule has 0 saturated carbocycles. The minimum Gasteiger partial charge on any atom is -0.497 e. The third-order valence-corrected chi connectivity index (χ3v) is 4.73.